The minimum absolute atomic E-state index is 0.657. The average Bonchev–Trinajstić information content (AvgIpc) is 3.90. The van der Waals surface area contributed by atoms with E-state index in [1.807, 2.05) is 12.4 Å². The summed E-state index contributed by atoms with van der Waals surface area (Å²) in [6.07, 6.45) is 3.79. The highest BCUT2D eigenvalue weighted by molar-refractivity contribution is 6.19. The zero-order valence-corrected chi connectivity index (χ0v) is 31.3. The van der Waals surface area contributed by atoms with Crippen LogP contribution in [0.4, 0.5) is 17.1 Å². The molecule has 1 aliphatic carbocycles. The van der Waals surface area contributed by atoms with Crippen molar-refractivity contribution in [2.24, 2.45) is 0 Å². The SMILES string of the molecule is c1ccc(N2c3ccccc3C3(c4cc(-n5c6ccccc6c6cc7c(cc65)c5ccccc5n7-c5ccccc5)ccc42)c2cccnc2-c2ncccc23)cc1. The van der Waals surface area contributed by atoms with Gasteiger partial charge in [-0.15, -0.1) is 0 Å². The van der Waals surface area contributed by atoms with Crippen LogP contribution in [-0.4, -0.2) is 19.1 Å². The van der Waals surface area contributed by atoms with Crippen molar-refractivity contribution < 1.29 is 0 Å². The molecule has 0 amide bonds. The summed E-state index contributed by atoms with van der Waals surface area (Å²) in [7, 11) is 0. The minimum Gasteiger partial charge on any atom is -0.310 e. The van der Waals surface area contributed by atoms with Crippen LogP contribution in [0.3, 0.4) is 0 Å². The fraction of sp³-hybridized carbons (Fsp3) is 0.0189. The van der Waals surface area contributed by atoms with Gasteiger partial charge in [0.05, 0.1) is 50.2 Å². The number of para-hydroxylation sites is 5. The molecule has 5 heteroatoms. The predicted molar refractivity (Wildman–Crippen MR) is 236 cm³/mol. The maximum atomic E-state index is 5.02. The van der Waals surface area contributed by atoms with Crippen molar-refractivity contribution in [3.63, 3.8) is 0 Å². The largest absolute Gasteiger partial charge is 0.310 e. The second kappa shape index (κ2) is 11.6. The fourth-order valence-electron chi connectivity index (χ4n) is 10.4. The summed E-state index contributed by atoms with van der Waals surface area (Å²) < 4.78 is 4.88. The van der Waals surface area contributed by atoms with Crippen LogP contribution in [0.15, 0.2) is 200 Å². The van der Waals surface area contributed by atoms with Crippen LogP contribution in [0.25, 0.3) is 66.4 Å². The number of pyridine rings is 2. The highest BCUT2D eigenvalue weighted by atomic mass is 15.2. The van der Waals surface area contributed by atoms with Gasteiger partial charge in [-0.2, -0.15) is 0 Å². The number of anilines is 3. The lowest BCUT2D eigenvalue weighted by Gasteiger charge is -2.45. The predicted octanol–water partition coefficient (Wildman–Crippen LogP) is 12.8. The molecule has 1 aliphatic heterocycles. The Bertz CT molecular complexity index is 3420. The lowest BCUT2D eigenvalue weighted by molar-refractivity contribution is 0.748. The number of hydrogen-bond acceptors (Lipinski definition) is 3. The number of fused-ring (bicyclic) bond motifs is 15. The van der Waals surface area contributed by atoms with Gasteiger partial charge in [0.15, 0.2) is 0 Å². The highest BCUT2D eigenvalue weighted by Gasteiger charge is 2.53. The molecular weight excluding hydrogens is 707 g/mol. The Morgan fingerprint density at radius 2 is 0.828 bits per heavy atom. The molecule has 0 saturated heterocycles. The van der Waals surface area contributed by atoms with E-state index in [2.05, 4.69) is 202 Å². The molecule has 0 fully saturated rings. The molecule has 13 rings (SSSR count). The van der Waals surface area contributed by atoms with E-state index in [0.717, 1.165) is 51.0 Å². The first-order valence-corrected chi connectivity index (χ1v) is 19.8. The van der Waals surface area contributed by atoms with E-state index in [0.29, 0.717) is 0 Å². The Hall–Kier alpha value is -7.76. The van der Waals surface area contributed by atoms with Gasteiger partial charge in [-0.25, -0.2) is 0 Å². The van der Waals surface area contributed by atoms with Crippen molar-refractivity contribution in [2.75, 3.05) is 4.90 Å². The number of aromatic nitrogens is 4. The standard InChI is InChI=1S/C53H33N5/c1-3-15-34(16-4-1)56-45-24-10-7-19-37(45)39-33-50-40(32-49(39)56)38-20-8-11-25-46(38)58(50)36-27-28-48-44(31-36)53(42-22-13-29-54-51(42)52-43(53)23-14-30-55-52)41-21-9-12-26-47(41)57(48)35-17-5-2-6-18-35/h1-33H. The molecule has 5 nitrogen and oxygen atoms in total. The van der Waals surface area contributed by atoms with E-state index in [1.165, 1.54) is 54.7 Å². The number of hydrogen-bond donors (Lipinski definition) is 0. The number of rotatable bonds is 3. The molecule has 0 unspecified atom stereocenters. The van der Waals surface area contributed by atoms with Gasteiger partial charge in [0.25, 0.3) is 0 Å². The van der Waals surface area contributed by atoms with Crippen LogP contribution in [0, 0.1) is 0 Å². The average molecular weight is 740 g/mol. The van der Waals surface area contributed by atoms with Crippen molar-refractivity contribution in [3.05, 3.63) is 223 Å². The van der Waals surface area contributed by atoms with Gasteiger partial charge in [-0.1, -0.05) is 103 Å². The van der Waals surface area contributed by atoms with Gasteiger partial charge in [-0.05, 0) is 107 Å². The Labute approximate surface area is 334 Å². The molecule has 4 aromatic heterocycles. The maximum absolute atomic E-state index is 5.02. The van der Waals surface area contributed by atoms with E-state index in [4.69, 9.17) is 9.97 Å². The normalized spacial score (nSPS) is 13.6. The Morgan fingerprint density at radius 1 is 0.328 bits per heavy atom. The van der Waals surface area contributed by atoms with Crippen LogP contribution < -0.4 is 4.90 Å². The van der Waals surface area contributed by atoms with Gasteiger partial charge in [0, 0.05) is 51.0 Å². The summed E-state index contributed by atoms with van der Waals surface area (Å²) in [5.41, 5.74) is 16.3. The molecule has 0 N–H and O–H groups in total. The summed E-state index contributed by atoms with van der Waals surface area (Å²) in [6, 6.07) is 68.6. The van der Waals surface area contributed by atoms with Crippen LogP contribution in [0.2, 0.25) is 0 Å². The Balaban J connectivity index is 1.16. The molecule has 0 atom stereocenters. The van der Waals surface area contributed by atoms with Gasteiger partial charge in [-0.3, -0.25) is 9.97 Å². The molecule has 0 bridgehead atoms. The Kier molecular flexibility index (Phi) is 6.31. The van der Waals surface area contributed by atoms with Gasteiger partial charge < -0.3 is 14.0 Å². The van der Waals surface area contributed by atoms with Crippen molar-refractivity contribution >= 4 is 60.7 Å². The fourth-order valence-corrected chi connectivity index (χ4v) is 10.4. The maximum Gasteiger partial charge on any atom is 0.0937 e. The quantitative estimate of drug-likeness (QED) is 0.181. The van der Waals surface area contributed by atoms with Gasteiger partial charge in [0.2, 0.25) is 0 Å². The molecule has 5 heterocycles. The topological polar surface area (TPSA) is 38.9 Å². The number of benzene rings is 7. The second-order valence-corrected chi connectivity index (χ2v) is 15.4. The van der Waals surface area contributed by atoms with Crippen molar-refractivity contribution in [1.82, 2.24) is 19.1 Å². The Morgan fingerprint density at radius 3 is 1.47 bits per heavy atom. The van der Waals surface area contributed by atoms with Gasteiger partial charge in [0.1, 0.15) is 0 Å². The lowest BCUT2D eigenvalue weighted by Crippen LogP contribution is -2.36. The molecule has 1 spiro atoms. The third-order valence-corrected chi connectivity index (χ3v) is 12.6. The third-order valence-electron chi connectivity index (χ3n) is 12.6. The van der Waals surface area contributed by atoms with Crippen LogP contribution in [0.5, 0.6) is 0 Å². The summed E-state index contributed by atoms with van der Waals surface area (Å²) in [5.74, 6) is 0. The van der Waals surface area contributed by atoms with Crippen LogP contribution >= 0.6 is 0 Å². The van der Waals surface area contributed by atoms with E-state index < -0.39 is 5.41 Å². The molecule has 270 valence electrons. The van der Waals surface area contributed by atoms with Crippen LogP contribution in [-0.2, 0) is 5.41 Å². The summed E-state index contributed by atoms with van der Waals surface area (Å²) in [5, 5.41) is 4.90. The first-order valence-electron chi connectivity index (χ1n) is 19.8. The molecule has 0 saturated carbocycles. The molecule has 7 aromatic carbocycles. The summed E-state index contributed by atoms with van der Waals surface area (Å²) in [4.78, 5) is 12.5. The van der Waals surface area contributed by atoms with Crippen molar-refractivity contribution in [3.8, 4) is 22.8 Å². The zero-order valence-electron chi connectivity index (χ0n) is 31.3. The monoisotopic (exact) mass is 739 g/mol. The lowest BCUT2D eigenvalue weighted by atomic mass is 9.65. The van der Waals surface area contributed by atoms with Crippen molar-refractivity contribution in [1.29, 1.82) is 0 Å². The summed E-state index contributed by atoms with van der Waals surface area (Å²) in [6.45, 7) is 0. The smallest absolute Gasteiger partial charge is 0.0937 e. The third kappa shape index (κ3) is 3.99. The summed E-state index contributed by atoms with van der Waals surface area (Å²) >= 11 is 0. The molecule has 2 aliphatic rings. The molecule has 58 heavy (non-hydrogen) atoms. The van der Waals surface area contributed by atoms with E-state index in [9.17, 15) is 0 Å². The molecule has 11 aromatic rings. The van der Waals surface area contributed by atoms with E-state index in [1.54, 1.807) is 0 Å². The first kappa shape index (κ1) is 31.4. The van der Waals surface area contributed by atoms with Crippen molar-refractivity contribution in [2.45, 2.75) is 5.41 Å². The molecule has 0 radical (unpaired) electrons. The van der Waals surface area contributed by atoms with Gasteiger partial charge >= 0.3 is 0 Å². The van der Waals surface area contributed by atoms with E-state index >= 15 is 0 Å². The second-order valence-electron chi connectivity index (χ2n) is 15.4. The number of nitrogens with zero attached hydrogens (tertiary/aromatic N) is 5. The molecular formula is C53H33N5. The van der Waals surface area contributed by atoms with Crippen LogP contribution in [0.1, 0.15) is 22.3 Å². The highest BCUT2D eigenvalue weighted by Crippen LogP contribution is 2.63. The van der Waals surface area contributed by atoms with E-state index in [-0.39, 0.29) is 0 Å². The zero-order chi connectivity index (χ0) is 38.0. The first-order chi connectivity index (χ1) is 28.8. The minimum atomic E-state index is -0.657.